The number of benzene rings is 2. The second-order valence-electron chi connectivity index (χ2n) is 4.36. The van der Waals surface area contributed by atoms with Gasteiger partial charge in [0.2, 0.25) is 5.89 Å². The lowest BCUT2D eigenvalue weighted by molar-refractivity contribution is 0.448. The molecular weight excluding hydrogens is 327 g/mol. The van der Waals surface area contributed by atoms with Crippen molar-refractivity contribution in [1.82, 2.24) is 9.55 Å². The predicted octanol–water partition coefficient (Wildman–Crippen LogP) is 3.16. The summed E-state index contributed by atoms with van der Waals surface area (Å²) in [6.07, 6.45) is 0. The first kappa shape index (κ1) is 14.6. The zero-order valence-electron chi connectivity index (χ0n) is 11.0. The molecule has 0 amide bonds. The summed E-state index contributed by atoms with van der Waals surface area (Å²) < 4.78 is 5.94. The van der Waals surface area contributed by atoms with Gasteiger partial charge in [-0.15, -0.1) is 0 Å². The minimum absolute atomic E-state index is 0.120. The van der Waals surface area contributed by atoms with E-state index in [1.54, 1.807) is 36.4 Å². The fraction of sp³-hybridized carbons (Fsp3) is 0. The van der Waals surface area contributed by atoms with Crippen molar-refractivity contribution in [3.8, 4) is 17.1 Å². The number of nitrogens with zero attached hydrogens (tertiary/aromatic N) is 2. The van der Waals surface area contributed by atoms with Gasteiger partial charge in [0.1, 0.15) is 0 Å². The molecule has 7 heteroatoms. The number of aromatic nitrogens is 2. The van der Waals surface area contributed by atoms with Crippen LogP contribution in [0.4, 0.5) is 0 Å². The van der Waals surface area contributed by atoms with Gasteiger partial charge < -0.3 is 4.42 Å². The summed E-state index contributed by atoms with van der Waals surface area (Å²) in [5.41, 5.74) is -0.0588. The molecule has 0 spiro atoms. The molecule has 3 rings (SSSR count). The molecule has 110 valence electrons. The zero-order valence-corrected chi connectivity index (χ0v) is 12.5. The van der Waals surface area contributed by atoms with E-state index in [1.807, 2.05) is 0 Å². The Morgan fingerprint density at radius 3 is 2.27 bits per heavy atom. The maximum Gasteiger partial charge on any atom is 0.429 e. The lowest BCUT2D eigenvalue weighted by Gasteiger charge is -2.05. The maximum atomic E-state index is 12.1. The maximum absolute atomic E-state index is 12.1. The SMILES string of the molecule is O=c1nc(-c2ccccc2Cl)oc(=O)n1-c1ccc(Cl)cc1. The summed E-state index contributed by atoms with van der Waals surface area (Å²) in [6.45, 7) is 0. The van der Waals surface area contributed by atoms with Gasteiger partial charge in [-0.1, -0.05) is 35.3 Å². The van der Waals surface area contributed by atoms with Gasteiger partial charge in [-0.05, 0) is 36.4 Å². The molecule has 0 aliphatic rings. The van der Waals surface area contributed by atoms with Crippen LogP contribution < -0.4 is 11.4 Å². The van der Waals surface area contributed by atoms with Crippen molar-refractivity contribution < 1.29 is 4.42 Å². The van der Waals surface area contributed by atoms with Crippen LogP contribution in [-0.4, -0.2) is 9.55 Å². The number of hydrogen-bond acceptors (Lipinski definition) is 4. The van der Waals surface area contributed by atoms with E-state index in [-0.39, 0.29) is 5.89 Å². The van der Waals surface area contributed by atoms with E-state index in [1.165, 1.54) is 12.1 Å². The van der Waals surface area contributed by atoms with Gasteiger partial charge in [0.25, 0.3) is 0 Å². The molecule has 1 aromatic heterocycles. The van der Waals surface area contributed by atoms with Gasteiger partial charge in [0.05, 0.1) is 16.3 Å². The molecule has 0 N–H and O–H groups in total. The van der Waals surface area contributed by atoms with Crippen LogP contribution in [0.1, 0.15) is 0 Å². The van der Waals surface area contributed by atoms with Crippen molar-refractivity contribution in [3.05, 3.63) is 79.6 Å². The fourth-order valence-corrected chi connectivity index (χ4v) is 2.26. The monoisotopic (exact) mass is 334 g/mol. The first-order valence-electron chi connectivity index (χ1n) is 6.21. The van der Waals surface area contributed by atoms with Crippen molar-refractivity contribution in [1.29, 1.82) is 0 Å². The van der Waals surface area contributed by atoms with E-state index in [9.17, 15) is 9.59 Å². The minimum atomic E-state index is -0.850. The van der Waals surface area contributed by atoms with Crippen molar-refractivity contribution in [2.75, 3.05) is 0 Å². The first-order chi connectivity index (χ1) is 10.6. The highest BCUT2D eigenvalue weighted by Crippen LogP contribution is 2.24. The Morgan fingerprint density at radius 1 is 0.955 bits per heavy atom. The normalized spacial score (nSPS) is 10.6. The Hall–Kier alpha value is -2.37. The van der Waals surface area contributed by atoms with Crippen LogP contribution in [0.2, 0.25) is 10.0 Å². The van der Waals surface area contributed by atoms with Crippen molar-refractivity contribution in [3.63, 3.8) is 0 Å². The molecule has 0 aliphatic carbocycles. The predicted molar refractivity (Wildman–Crippen MR) is 83.8 cm³/mol. The van der Waals surface area contributed by atoms with Gasteiger partial charge in [-0.25, -0.2) is 9.59 Å². The second-order valence-corrected chi connectivity index (χ2v) is 5.20. The largest absolute Gasteiger partial charge is 0.429 e. The van der Waals surface area contributed by atoms with Gasteiger partial charge in [0.15, 0.2) is 0 Å². The fourth-order valence-electron chi connectivity index (χ4n) is 1.92. The van der Waals surface area contributed by atoms with Crippen LogP contribution in [-0.2, 0) is 0 Å². The molecule has 0 bridgehead atoms. The molecule has 0 saturated heterocycles. The summed E-state index contributed by atoms with van der Waals surface area (Å²) in [5, 5.41) is 0.823. The van der Waals surface area contributed by atoms with E-state index in [0.29, 0.717) is 21.3 Å². The third-order valence-electron chi connectivity index (χ3n) is 2.94. The first-order valence-corrected chi connectivity index (χ1v) is 6.97. The topological polar surface area (TPSA) is 65.1 Å². The molecular formula is C15H8Cl2N2O3. The highest BCUT2D eigenvalue weighted by molar-refractivity contribution is 6.33. The molecule has 0 fully saturated rings. The standard InChI is InChI=1S/C15H8Cl2N2O3/c16-9-5-7-10(8-6-9)19-14(20)18-13(22-15(19)21)11-3-1-2-4-12(11)17/h1-8H. The van der Waals surface area contributed by atoms with Crippen molar-refractivity contribution >= 4 is 23.2 Å². The average molecular weight is 335 g/mol. The van der Waals surface area contributed by atoms with Crippen LogP contribution in [0.5, 0.6) is 0 Å². The van der Waals surface area contributed by atoms with E-state index < -0.39 is 11.4 Å². The highest BCUT2D eigenvalue weighted by Gasteiger charge is 2.13. The van der Waals surface area contributed by atoms with Gasteiger partial charge in [-0.3, -0.25) is 0 Å². The zero-order chi connectivity index (χ0) is 15.7. The van der Waals surface area contributed by atoms with Crippen LogP contribution in [0, 0.1) is 0 Å². The minimum Gasteiger partial charge on any atom is -0.390 e. The summed E-state index contributed by atoms with van der Waals surface area (Å²) >= 11 is 11.8. The molecule has 0 atom stereocenters. The molecule has 2 aromatic carbocycles. The van der Waals surface area contributed by atoms with E-state index in [4.69, 9.17) is 27.6 Å². The Bertz CT molecular complexity index is 915. The Labute approximate surface area is 134 Å². The number of rotatable bonds is 2. The van der Waals surface area contributed by atoms with Crippen molar-refractivity contribution in [2.45, 2.75) is 0 Å². The van der Waals surface area contributed by atoms with Gasteiger partial charge >= 0.3 is 11.4 Å². The van der Waals surface area contributed by atoms with Crippen LogP contribution in [0.3, 0.4) is 0 Å². The Kier molecular flexibility index (Phi) is 3.83. The third kappa shape index (κ3) is 2.68. The quantitative estimate of drug-likeness (QED) is 0.722. The van der Waals surface area contributed by atoms with Crippen LogP contribution in [0.25, 0.3) is 17.1 Å². The second kappa shape index (κ2) is 5.79. The molecule has 0 unspecified atom stereocenters. The molecule has 0 aliphatic heterocycles. The molecule has 5 nitrogen and oxygen atoms in total. The number of halogens is 2. The van der Waals surface area contributed by atoms with Gasteiger partial charge in [0, 0.05) is 5.02 Å². The molecule has 22 heavy (non-hydrogen) atoms. The highest BCUT2D eigenvalue weighted by atomic mass is 35.5. The van der Waals surface area contributed by atoms with E-state index >= 15 is 0 Å². The summed E-state index contributed by atoms with van der Waals surface area (Å²) in [4.78, 5) is 28.0. The van der Waals surface area contributed by atoms with Crippen molar-refractivity contribution in [2.24, 2.45) is 0 Å². The van der Waals surface area contributed by atoms with Crippen LogP contribution in [0.15, 0.2) is 62.5 Å². The molecule has 0 saturated carbocycles. The van der Waals surface area contributed by atoms with E-state index in [0.717, 1.165) is 4.57 Å². The summed E-state index contributed by atoms with van der Waals surface area (Å²) in [5.74, 6) is -0.969. The Balaban J connectivity index is 2.18. The molecule has 1 heterocycles. The summed E-state index contributed by atoms with van der Waals surface area (Å²) in [6, 6.07) is 12.8. The lowest BCUT2D eigenvalue weighted by atomic mass is 10.2. The summed E-state index contributed by atoms with van der Waals surface area (Å²) in [7, 11) is 0. The molecule has 0 radical (unpaired) electrons. The Morgan fingerprint density at radius 2 is 1.64 bits per heavy atom. The van der Waals surface area contributed by atoms with Gasteiger partial charge in [-0.2, -0.15) is 9.55 Å². The number of hydrogen-bond donors (Lipinski definition) is 0. The van der Waals surface area contributed by atoms with Crippen LogP contribution >= 0.6 is 23.2 Å². The average Bonchev–Trinajstić information content (AvgIpc) is 2.49. The lowest BCUT2D eigenvalue weighted by Crippen LogP contribution is -2.33. The van der Waals surface area contributed by atoms with E-state index in [2.05, 4.69) is 4.98 Å². The third-order valence-corrected chi connectivity index (χ3v) is 3.53. The molecule has 3 aromatic rings. The smallest absolute Gasteiger partial charge is 0.390 e.